The topological polar surface area (TPSA) is 29.3 Å². The van der Waals surface area contributed by atoms with Gasteiger partial charge in [-0.2, -0.15) is 0 Å². The van der Waals surface area contributed by atoms with E-state index < -0.39 is 0 Å². The molecule has 1 fully saturated rings. The molecule has 0 spiro atoms. The molecule has 0 aliphatic heterocycles. The number of hydrogen-bond acceptors (Lipinski definition) is 2. The van der Waals surface area contributed by atoms with Crippen molar-refractivity contribution in [2.24, 2.45) is 5.73 Å². The molecule has 0 saturated heterocycles. The van der Waals surface area contributed by atoms with Crippen molar-refractivity contribution in [3.05, 3.63) is 29.6 Å². The first-order chi connectivity index (χ1) is 8.63. The van der Waals surface area contributed by atoms with Gasteiger partial charge in [0.15, 0.2) is 0 Å². The predicted octanol–water partition coefficient (Wildman–Crippen LogP) is 3.61. The van der Waals surface area contributed by atoms with Gasteiger partial charge in [0, 0.05) is 18.6 Å². The minimum absolute atomic E-state index is 0.112. The summed E-state index contributed by atoms with van der Waals surface area (Å²) in [6.07, 6.45) is 4.64. The smallest absolute Gasteiger partial charge is 0.146 e. The number of hydrogen-bond donors (Lipinski definition) is 1. The Bertz CT molecular complexity index is 399. The van der Waals surface area contributed by atoms with E-state index in [-0.39, 0.29) is 11.9 Å². The van der Waals surface area contributed by atoms with Crippen LogP contribution in [0.5, 0.6) is 0 Å². The minimum Gasteiger partial charge on any atom is -0.366 e. The summed E-state index contributed by atoms with van der Waals surface area (Å²) in [5.41, 5.74) is 7.39. The first kappa shape index (κ1) is 13.3. The second kappa shape index (κ2) is 5.70. The molecule has 1 aromatic rings. The third kappa shape index (κ3) is 3.02. The van der Waals surface area contributed by atoms with Crippen LogP contribution in [0.4, 0.5) is 10.1 Å². The van der Waals surface area contributed by atoms with Gasteiger partial charge >= 0.3 is 0 Å². The van der Waals surface area contributed by atoms with Crippen molar-refractivity contribution >= 4 is 5.69 Å². The molecule has 1 aromatic carbocycles. The quantitative estimate of drug-likeness (QED) is 0.835. The highest BCUT2D eigenvalue weighted by Gasteiger charge is 2.30. The molecular formula is C15H23FN2. The number of nitrogens with zero attached hydrogens (tertiary/aromatic N) is 1. The van der Waals surface area contributed by atoms with Gasteiger partial charge in [0.1, 0.15) is 5.82 Å². The zero-order valence-corrected chi connectivity index (χ0v) is 11.3. The van der Waals surface area contributed by atoms with Crippen molar-refractivity contribution in [1.82, 2.24) is 0 Å². The standard InChI is InChI=1S/C15H23FN2/c1-3-4-9-18(13-6-7-13)15-8-5-12(11(2)17)10-14(15)16/h5,8,10-11,13H,3-4,6-7,9,17H2,1-2H3/t11-/m1/s1. The van der Waals surface area contributed by atoms with Crippen LogP contribution < -0.4 is 10.6 Å². The maximum atomic E-state index is 14.2. The molecule has 0 heterocycles. The van der Waals surface area contributed by atoms with E-state index in [0.717, 1.165) is 30.6 Å². The van der Waals surface area contributed by atoms with Crippen molar-refractivity contribution in [3.63, 3.8) is 0 Å². The summed E-state index contributed by atoms with van der Waals surface area (Å²) in [6.45, 7) is 5.00. The Kier molecular flexibility index (Phi) is 4.23. The lowest BCUT2D eigenvalue weighted by Crippen LogP contribution is -2.27. The molecule has 2 N–H and O–H groups in total. The largest absolute Gasteiger partial charge is 0.366 e. The van der Waals surface area contributed by atoms with Gasteiger partial charge < -0.3 is 10.6 Å². The van der Waals surface area contributed by atoms with Crippen LogP contribution in [-0.2, 0) is 0 Å². The van der Waals surface area contributed by atoms with E-state index in [1.165, 1.54) is 12.8 Å². The van der Waals surface area contributed by atoms with E-state index in [1.807, 2.05) is 19.1 Å². The van der Waals surface area contributed by atoms with Gasteiger partial charge in [0.05, 0.1) is 5.69 Å². The Morgan fingerprint density at radius 2 is 2.17 bits per heavy atom. The Morgan fingerprint density at radius 3 is 2.67 bits per heavy atom. The first-order valence-corrected chi connectivity index (χ1v) is 6.95. The van der Waals surface area contributed by atoms with Crippen molar-refractivity contribution < 1.29 is 4.39 Å². The van der Waals surface area contributed by atoms with Crippen LogP contribution in [0.25, 0.3) is 0 Å². The second-order valence-corrected chi connectivity index (χ2v) is 5.28. The summed E-state index contributed by atoms with van der Waals surface area (Å²) in [6, 6.07) is 5.86. The highest BCUT2D eigenvalue weighted by Crippen LogP contribution is 2.34. The molecule has 0 bridgehead atoms. The molecule has 100 valence electrons. The average Bonchev–Trinajstić information content (AvgIpc) is 3.15. The van der Waals surface area contributed by atoms with E-state index in [9.17, 15) is 4.39 Å². The van der Waals surface area contributed by atoms with Gasteiger partial charge in [-0.3, -0.25) is 0 Å². The van der Waals surface area contributed by atoms with Crippen molar-refractivity contribution in [3.8, 4) is 0 Å². The molecule has 2 rings (SSSR count). The van der Waals surface area contributed by atoms with E-state index in [0.29, 0.717) is 6.04 Å². The van der Waals surface area contributed by atoms with Crippen LogP contribution in [0.15, 0.2) is 18.2 Å². The lowest BCUT2D eigenvalue weighted by molar-refractivity contribution is 0.605. The van der Waals surface area contributed by atoms with Gasteiger partial charge in [-0.1, -0.05) is 19.4 Å². The van der Waals surface area contributed by atoms with Crippen LogP contribution in [0.2, 0.25) is 0 Å². The number of anilines is 1. The molecule has 0 radical (unpaired) electrons. The highest BCUT2D eigenvalue weighted by molar-refractivity contribution is 5.51. The normalized spacial score (nSPS) is 16.7. The lowest BCUT2D eigenvalue weighted by Gasteiger charge is -2.25. The van der Waals surface area contributed by atoms with Gasteiger partial charge in [-0.25, -0.2) is 4.39 Å². The molecule has 1 aliphatic rings. The number of nitrogens with two attached hydrogens (primary N) is 1. The number of halogens is 1. The summed E-state index contributed by atoms with van der Waals surface area (Å²) >= 11 is 0. The zero-order chi connectivity index (χ0) is 13.1. The minimum atomic E-state index is -0.132. The van der Waals surface area contributed by atoms with Crippen molar-refractivity contribution in [2.75, 3.05) is 11.4 Å². The van der Waals surface area contributed by atoms with Crippen LogP contribution in [0, 0.1) is 5.82 Å². The molecule has 1 saturated carbocycles. The fraction of sp³-hybridized carbons (Fsp3) is 0.600. The van der Waals surface area contributed by atoms with Crippen LogP contribution in [0.3, 0.4) is 0 Å². The molecule has 1 aliphatic carbocycles. The van der Waals surface area contributed by atoms with Gasteiger partial charge in [0.25, 0.3) is 0 Å². The molecule has 0 unspecified atom stereocenters. The molecular weight excluding hydrogens is 227 g/mol. The van der Waals surface area contributed by atoms with E-state index in [1.54, 1.807) is 6.07 Å². The summed E-state index contributed by atoms with van der Waals surface area (Å²) in [5, 5.41) is 0. The Labute approximate surface area is 109 Å². The highest BCUT2D eigenvalue weighted by atomic mass is 19.1. The summed E-state index contributed by atoms with van der Waals surface area (Å²) in [5.74, 6) is -0.132. The fourth-order valence-corrected chi connectivity index (χ4v) is 2.25. The molecule has 18 heavy (non-hydrogen) atoms. The second-order valence-electron chi connectivity index (χ2n) is 5.28. The number of unbranched alkanes of at least 4 members (excludes halogenated alkanes) is 1. The van der Waals surface area contributed by atoms with Crippen LogP contribution in [0.1, 0.15) is 51.1 Å². The number of benzene rings is 1. The third-order valence-corrected chi connectivity index (χ3v) is 3.55. The fourth-order valence-electron chi connectivity index (χ4n) is 2.25. The Balaban J connectivity index is 2.19. The molecule has 3 heteroatoms. The maximum absolute atomic E-state index is 14.2. The number of rotatable bonds is 6. The van der Waals surface area contributed by atoms with Crippen molar-refractivity contribution in [1.29, 1.82) is 0 Å². The first-order valence-electron chi connectivity index (χ1n) is 6.95. The zero-order valence-electron chi connectivity index (χ0n) is 11.3. The molecule has 0 aromatic heterocycles. The third-order valence-electron chi connectivity index (χ3n) is 3.55. The van der Waals surface area contributed by atoms with Gasteiger partial charge in [-0.15, -0.1) is 0 Å². The average molecular weight is 250 g/mol. The van der Waals surface area contributed by atoms with Crippen LogP contribution in [-0.4, -0.2) is 12.6 Å². The van der Waals surface area contributed by atoms with Crippen molar-refractivity contribution in [2.45, 2.75) is 51.6 Å². The summed E-state index contributed by atoms with van der Waals surface area (Å²) in [4.78, 5) is 2.23. The monoisotopic (exact) mass is 250 g/mol. The van der Waals surface area contributed by atoms with E-state index in [4.69, 9.17) is 5.73 Å². The summed E-state index contributed by atoms with van der Waals surface area (Å²) < 4.78 is 14.2. The maximum Gasteiger partial charge on any atom is 0.146 e. The van der Waals surface area contributed by atoms with E-state index in [2.05, 4.69) is 11.8 Å². The SMILES string of the molecule is CCCCN(c1ccc([C@@H](C)N)cc1F)C1CC1. The molecule has 2 nitrogen and oxygen atoms in total. The Hall–Kier alpha value is -1.09. The Morgan fingerprint density at radius 1 is 1.44 bits per heavy atom. The summed E-state index contributed by atoms with van der Waals surface area (Å²) in [7, 11) is 0. The molecule has 0 amide bonds. The molecule has 1 atom stereocenters. The lowest BCUT2D eigenvalue weighted by atomic mass is 10.1. The van der Waals surface area contributed by atoms with Crippen LogP contribution >= 0.6 is 0 Å². The predicted molar refractivity (Wildman–Crippen MR) is 74.3 cm³/mol. The van der Waals surface area contributed by atoms with E-state index >= 15 is 0 Å². The van der Waals surface area contributed by atoms with Gasteiger partial charge in [-0.05, 0) is 43.9 Å². The van der Waals surface area contributed by atoms with Gasteiger partial charge in [0.2, 0.25) is 0 Å².